The molecule has 2 fully saturated rings. The van der Waals surface area contributed by atoms with Crippen molar-refractivity contribution in [2.75, 3.05) is 60.6 Å². The Bertz CT molecular complexity index is 3080. The highest BCUT2D eigenvalue weighted by molar-refractivity contribution is 9.09. The van der Waals surface area contributed by atoms with Crippen molar-refractivity contribution in [2.45, 2.75) is 139 Å². The molecule has 2 aromatic carbocycles. The molecule has 10 N–H and O–H groups in total. The number of pyridine rings is 1. The number of anilines is 3. The van der Waals surface area contributed by atoms with Crippen LogP contribution in [0.15, 0.2) is 60.2 Å². The van der Waals surface area contributed by atoms with Crippen LogP contribution >= 0.6 is 43.5 Å². The van der Waals surface area contributed by atoms with E-state index in [1.165, 1.54) is 25.2 Å². The molecular formula is C58H75Br2ClN10O14. The Morgan fingerprint density at radius 1 is 0.953 bits per heavy atom. The molecule has 8 bridgehead atoms. The van der Waals surface area contributed by atoms with E-state index in [2.05, 4.69) is 69.1 Å². The normalized spacial score (nSPS) is 24.7. The highest BCUT2D eigenvalue weighted by atomic mass is 79.9. The summed E-state index contributed by atoms with van der Waals surface area (Å²) in [6.45, 7) is 7.58. The van der Waals surface area contributed by atoms with Gasteiger partial charge >= 0.3 is 18.2 Å². The molecule has 9 amide bonds. The molecule has 0 aliphatic carbocycles. The second kappa shape index (κ2) is 29.2. The van der Waals surface area contributed by atoms with Crippen molar-refractivity contribution < 1.29 is 67.1 Å². The molecule has 462 valence electrons. The SMILES string of the molecule is COc1cc2cc(c1Cl)N(C)C(=O)C[C@@H]1OC(=O)Nc3cc(c4nc(NC(=O)[C@H](CCCNC(N)=O)NC(=O)[C@@H](NC(=O)CCCCCNC(=O)C(CBr)CBr)C(C)C)ccc4c3)[C@H]([C@@H]3C[C@@](O)(NC(=O)O3)[C@H](OC)/C=C/C=C(\C)C2)[C@@H]2O[C@@]12C. The lowest BCUT2D eigenvalue weighted by Crippen LogP contribution is -2.63. The molecular weight excluding hydrogens is 1260 g/mol. The molecule has 0 unspecified atom stereocenters. The minimum Gasteiger partial charge on any atom is -0.495 e. The van der Waals surface area contributed by atoms with E-state index in [0.29, 0.717) is 65.3 Å². The molecule has 4 aliphatic rings. The minimum absolute atomic E-state index is 0.00738. The second-order valence-electron chi connectivity index (χ2n) is 22.2. The number of ether oxygens (including phenoxy) is 5. The maximum absolute atomic E-state index is 14.5. The van der Waals surface area contributed by atoms with Gasteiger partial charge in [-0.1, -0.05) is 87.5 Å². The number of benzene rings is 2. The smallest absolute Gasteiger partial charge is 0.412 e. The van der Waals surface area contributed by atoms with Crippen LogP contribution in [0, 0.1) is 11.8 Å². The third kappa shape index (κ3) is 16.5. The summed E-state index contributed by atoms with van der Waals surface area (Å²) >= 11 is 13.5. The topological polar surface area (TPSA) is 333 Å². The number of alkyl halides is 2. The summed E-state index contributed by atoms with van der Waals surface area (Å²) in [5.74, 6) is -3.62. The van der Waals surface area contributed by atoms with Gasteiger partial charge in [-0.2, -0.15) is 0 Å². The van der Waals surface area contributed by atoms with E-state index in [9.17, 15) is 43.5 Å². The van der Waals surface area contributed by atoms with E-state index in [0.717, 1.165) is 11.1 Å². The molecule has 27 heteroatoms. The number of amides is 9. The number of alkyl carbamates (subject to hydrolysis) is 1. The second-order valence-corrected chi connectivity index (χ2v) is 23.9. The van der Waals surface area contributed by atoms with Crippen LogP contribution in [0.4, 0.5) is 31.6 Å². The summed E-state index contributed by atoms with van der Waals surface area (Å²) < 4.78 is 30.3. The van der Waals surface area contributed by atoms with Gasteiger partial charge in [-0.15, -0.1) is 0 Å². The van der Waals surface area contributed by atoms with E-state index in [1.54, 1.807) is 70.3 Å². The standard InChI is InChI=1S/C58H75Br2ClN10O14/c1-30(2)48(69-44(72)16-9-8-10-19-63-51(74)34(28-59)29-60)53(76)66-37(14-12-20-64-54(62)77)52(75)68-43-18-17-33-24-35-25-36(49(33)67-43)46-40-27-58(80,70-56(79)83-40)41(82-7)15-11-13-31(3)21-32-22-38(47(61)39(23-32)81-6)71(5)45(73)26-42(84-55(78)65-35)57(4)50(46)85-57/h11,13,15,17-18,22-25,30,34,37,40-42,46,48,50,80H,8-10,12,14,16,19-21,26-29H2,1-7H3,(H,63,74)(H,65,78)(H,66,76)(H,69,72)(H,70,79)(H3,62,64,77)(H,67,68,75)/b15-11+,31-13+/t37-,40-,41+,42-,46+,48-,50-,57-,58-/m0/s1. The highest BCUT2D eigenvalue weighted by Crippen LogP contribution is 2.54. The fourth-order valence-electron chi connectivity index (χ4n) is 10.8. The number of fused-ring (bicyclic) bond motifs is 10. The lowest BCUT2D eigenvalue weighted by molar-refractivity contribution is -0.138. The Labute approximate surface area is 514 Å². The molecule has 85 heavy (non-hydrogen) atoms. The largest absolute Gasteiger partial charge is 0.495 e. The zero-order valence-corrected chi connectivity index (χ0v) is 52.4. The number of nitrogens with two attached hydrogens (primary N) is 1. The maximum Gasteiger partial charge on any atom is 0.412 e. The van der Waals surface area contributed by atoms with E-state index in [-0.39, 0.29) is 72.0 Å². The molecule has 24 nitrogen and oxygen atoms in total. The van der Waals surface area contributed by atoms with E-state index < -0.39 is 102 Å². The number of hydrogen-bond acceptors (Lipinski definition) is 15. The van der Waals surface area contributed by atoms with Gasteiger partial charge in [0.15, 0.2) is 5.72 Å². The van der Waals surface area contributed by atoms with E-state index in [1.807, 2.05) is 13.0 Å². The minimum atomic E-state index is -2.09. The summed E-state index contributed by atoms with van der Waals surface area (Å²) in [5.41, 5.74) is 4.51. The third-order valence-electron chi connectivity index (χ3n) is 15.5. The van der Waals surface area contributed by atoms with Crippen molar-refractivity contribution in [2.24, 2.45) is 17.6 Å². The van der Waals surface area contributed by atoms with Crippen LogP contribution in [-0.4, -0.2) is 151 Å². The first-order chi connectivity index (χ1) is 40.4. The van der Waals surface area contributed by atoms with Crippen molar-refractivity contribution >= 4 is 119 Å². The molecule has 0 radical (unpaired) electrons. The fraction of sp³-hybridized carbons (Fsp3) is 0.534. The Morgan fingerprint density at radius 2 is 1.69 bits per heavy atom. The average molecular weight is 1330 g/mol. The summed E-state index contributed by atoms with van der Waals surface area (Å²) in [4.78, 5) is 114. The molecule has 4 aliphatic heterocycles. The zero-order valence-electron chi connectivity index (χ0n) is 48.4. The predicted octanol–water partition coefficient (Wildman–Crippen LogP) is 6.48. The van der Waals surface area contributed by atoms with Crippen LogP contribution in [0.25, 0.3) is 10.9 Å². The van der Waals surface area contributed by atoms with Gasteiger partial charge in [-0.25, -0.2) is 19.4 Å². The Kier molecular flexibility index (Phi) is 22.7. The number of rotatable bonds is 21. The van der Waals surface area contributed by atoms with Crippen LogP contribution in [-0.2, 0) is 49.3 Å². The van der Waals surface area contributed by atoms with Gasteiger partial charge in [-0.05, 0) is 99.4 Å². The number of nitrogens with one attached hydrogen (secondary N) is 7. The number of urea groups is 1. The summed E-state index contributed by atoms with van der Waals surface area (Å²) in [6.07, 6.45) is 0.353. The van der Waals surface area contributed by atoms with Crippen molar-refractivity contribution in [3.8, 4) is 5.75 Å². The number of allylic oxidation sites excluding steroid dienone is 3. The van der Waals surface area contributed by atoms with Crippen molar-refractivity contribution in [3.05, 3.63) is 76.3 Å². The van der Waals surface area contributed by atoms with Crippen molar-refractivity contribution in [1.82, 2.24) is 31.6 Å². The van der Waals surface area contributed by atoms with Gasteiger partial charge in [0.1, 0.15) is 58.7 Å². The monoisotopic (exact) mass is 1330 g/mol. The highest BCUT2D eigenvalue weighted by Gasteiger charge is 2.66. The lowest BCUT2D eigenvalue weighted by Gasteiger charge is -2.43. The van der Waals surface area contributed by atoms with Gasteiger partial charge in [0.2, 0.25) is 29.5 Å². The number of hydrogen-bond donors (Lipinski definition) is 9. The van der Waals surface area contributed by atoms with Gasteiger partial charge in [0.05, 0.1) is 36.6 Å². The Hall–Kier alpha value is -6.58. The van der Waals surface area contributed by atoms with Crippen molar-refractivity contribution in [1.29, 1.82) is 0 Å². The molecule has 7 rings (SSSR count). The zero-order chi connectivity index (χ0) is 61.9. The molecule has 0 spiro atoms. The van der Waals surface area contributed by atoms with Gasteiger partial charge in [-0.3, -0.25) is 34.6 Å². The number of aromatic nitrogens is 1. The molecule has 3 aromatic rings. The summed E-state index contributed by atoms with van der Waals surface area (Å²) in [5, 5.41) is 33.3. The van der Waals surface area contributed by atoms with Crippen LogP contribution in [0.1, 0.15) is 96.1 Å². The quantitative estimate of drug-likeness (QED) is 0.0313. The summed E-state index contributed by atoms with van der Waals surface area (Å²) in [7, 11) is 4.39. The first kappa shape index (κ1) is 66.0. The van der Waals surface area contributed by atoms with E-state index in [4.69, 9.17) is 46.0 Å². The first-order valence-corrected chi connectivity index (χ1v) is 30.7. The fourth-order valence-corrected chi connectivity index (χ4v) is 12.8. The van der Waals surface area contributed by atoms with Crippen molar-refractivity contribution in [3.63, 3.8) is 0 Å². The van der Waals surface area contributed by atoms with Crippen LogP contribution in [0.5, 0.6) is 5.75 Å². The predicted molar refractivity (Wildman–Crippen MR) is 325 cm³/mol. The van der Waals surface area contributed by atoms with Crippen LogP contribution in [0.2, 0.25) is 5.02 Å². The van der Waals surface area contributed by atoms with Gasteiger partial charge in [0.25, 0.3) is 0 Å². The number of primary amides is 1. The molecule has 0 saturated carbocycles. The summed E-state index contributed by atoms with van der Waals surface area (Å²) in [6, 6.07) is 6.81. The number of unbranched alkanes of at least 4 members (excludes halogenated alkanes) is 2. The first-order valence-electron chi connectivity index (χ1n) is 28.1. The maximum atomic E-state index is 14.5. The van der Waals surface area contributed by atoms with Gasteiger partial charge < -0.3 is 66.0 Å². The van der Waals surface area contributed by atoms with Gasteiger partial charge in [0, 0.05) is 61.8 Å². The van der Waals surface area contributed by atoms with E-state index >= 15 is 0 Å². The third-order valence-corrected chi connectivity index (χ3v) is 17.5. The molecule has 2 saturated heterocycles. The van der Waals surface area contributed by atoms with Crippen LogP contribution in [0.3, 0.4) is 0 Å². The lowest BCUT2D eigenvalue weighted by atomic mass is 9.78. The van der Waals surface area contributed by atoms with Crippen LogP contribution < -0.4 is 52.6 Å². The number of aliphatic hydroxyl groups is 1. The molecule has 9 atom stereocenters. The average Bonchev–Trinajstić information content (AvgIpc) is 1.59. The number of epoxide rings is 1. The number of nitrogens with zero attached hydrogens (tertiary/aromatic N) is 2. The Morgan fingerprint density at radius 3 is 2.39 bits per heavy atom. The Balaban J connectivity index is 1.21. The molecule has 1 aromatic heterocycles. The molecule has 5 heterocycles. The number of carbonyl (C=O) groups excluding carboxylic acids is 8. The number of halogens is 3. The number of methoxy groups -OCH3 is 2. The number of carbonyl (C=O) groups is 8.